The zero-order valence-corrected chi connectivity index (χ0v) is 7.50. The number of hydrogen-bond acceptors (Lipinski definition) is 5. The van der Waals surface area contributed by atoms with Gasteiger partial charge < -0.3 is 19.7 Å². The van der Waals surface area contributed by atoms with Crippen molar-refractivity contribution in [1.82, 2.24) is 0 Å². The maximum Gasteiger partial charge on any atom is 0.508 e. The fraction of sp³-hybridized carbons (Fsp3) is 0.375. The highest BCUT2D eigenvalue weighted by Gasteiger charge is 2.27. The average molecular weight is 216 g/mol. The van der Waals surface area contributed by atoms with E-state index in [1.807, 2.05) is 0 Å². The maximum atomic E-state index is 10.6. The first-order valence-electron chi connectivity index (χ1n) is 3.99. The van der Waals surface area contributed by atoms with Crippen LogP contribution >= 0.6 is 0 Å². The van der Waals surface area contributed by atoms with Crippen molar-refractivity contribution >= 4 is 18.1 Å². The Hall–Kier alpha value is -2.05. The molecule has 0 aromatic rings. The van der Waals surface area contributed by atoms with Gasteiger partial charge in [0.15, 0.2) is 0 Å². The van der Waals surface area contributed by atoms with E-state index in [1.165, 1.54) is 0 Å². The first-order valence-corrected chi connectivity index (χ1v) is 3.99. The lowest BCUT2D eigenvalue weighted by molar-refractivity contribution is -0.135. The van der Waals surface area contributed by atoms with Gasteiger partial charge in [0, 0.05) is 18.1 Å². The van der Waals surface area contributed by atoms with Gasteiger partial charge in [-0.25, -0.2) is 14.4 Å². The summed E-state index contributed by atoms with van der Waals surface area (Å²) in [5, 5.41) is 17.0. The Kier molecular flexibility index (Phi) is 3.27. The summed E-state index contributed by atoms with van der Waals surface area (Å²) in [6.07, 6.45) is -1.23. The molecule has 0 radical (unpaired) electrons. The van der Waals surface area contributed by atoms with Crippen molar-refractivity contribution in [3.63, 3.8) is 0 Å². The van der Waals surface area contributed by atoms with Crippen molar-refractivity contribution in [3.8, 4) is 0 Å². The third-order valence-corrected chi connectivity index (χ3v) is 1.67. The summed E-state index contributed by atoms with van der Waals surface area (Å²) in [6, 6.07) is 0. The Morgan fingerprint density at radius 2 is 2.13 bits per heavy atom. The van der Waals surface area contributed by atoms with Gasteiger partial charge in [0.05, 0.1) is 0 Å². The summed E-state index contributed by atoms with van der Waals surface area (Å²) in [7, 11) is 0. The molecule has 0 amide bonds. The molecule has 1 rings (SSSR count). The molecule has 1 unspecified atom stereocenters. The van der Waals surface area contributed by atoms with Crippen LogP contribution in [0.4, 0.5) is 4.79 Å². The molecule has 15 heavy (non-hydrogen) atoms. The number of carboxylic acids is 2. The van der Waals surface area contributed by atoms with Gasteiger partial charge in [-0.05, 0) is 0 Å². The zero-order valence-electron chi connectivity index (χ0n) is 7.50. The van der Waals surface area contributed by atoms with E-state index in [9.17, 15) is 14.4 Å². The van der Waals surface area contributed by atoms with Gasteiger partial charge in [-0.1, -0.05) is 0 Å². The number of rotatable bonds is 4. The van der Waals surface area contributed by atoms with Crippen LogP contribution in [0, 0.1) is 0 Å². The predicted octanol–water partition coefficient (Wildman–Crippen LogP) is 0.00750. The lowest BCUT2D eigenvalue weighted by Crippen LogP contribution is -2.15. The van der Waals surface area contributed by atoms with Gasteiger partial charge in [-0.15, -0.1) is 0 Å². The van der Waals surface area contributed by atoms with Crippen LogP contribution < -0.4 is 0 Å². The van der Waals surface area contributed by atoms with Gasteiger partial charge in [-0.3, -0.25) is 0 Å². The average Bonchev–Trinajstić information content (AvgIpc) is 2.49. The molecule has 1 heterocycles. The number of carbonyl (C=O) groups excluding carboxylic acids is 1. The van der Waals surface area contributed by atoms with Crippen LogP contribution in [0.5, 0.6) is 0 Å². The van der Waals surface area contributed by atoms with Gasteiger partial charge in [0.25, 0.3) is 0 Å². The summed E-state index contributed by atoms with van der Waals surface area (Å²) in [5.41, 5.74) is -0.342. The van der Waals surface area contributed by atoms with E-state index >= 15 is 0 Å². The van der Waals surface area contributed by atoms with Crippen LogP contribution in [0.1, 0.15) is 6.42 Å². The van der Waals surface area contributed by atoms with Gasteiger partial charge in [0.1, 0.15) is 12.7 Å². The lowest BCUT2D eigenvalue weighted by atomic mass is 10.1. The molecule has 0 saturated carbocycles. The number of aliphatic carboxylic acids is 2. The number of cyclic esters (lactones) is 2. The number of carbonyl (C=O) groups is 3. The van der Waals surface area contributed by atoms with Gasteiger partial charge >= 0.3 is 18.1 Å². The Bertz CT molecular complexity index is 330. The van der Waals surface area contributed by atoms with Crippen LogP contribution in [0.2, 0.25) is 0 Å². The second-order valence-electron chi connectivity index (χ2n) is 2.82. The molecule has 0 aliphatic carbocycles. The topological polar surface area (TPSA) is 110 Å². The molecule has 0 bridgehead atoms. The molecular weight excluding hydrogens is 208 g/mol. The number of hydrogen-bond donors (Lipinski definition) is 2. The maximum absolute atomic E-state index is 10.6. The van der Waals surface area contributed by atoms with E-state index < -0.39 is 24.2 Å². The minimum absolute atomic E-state index is 0.0664. The zero-order chi connectivity index (χ0) is 11.4. The summed E-state index contributed by atoms with van der Waals surface area (Å²) >= 11 is 0. The highest BCUT2D eigenvalue weighted by atomic mass is 16.8. The second-order valence-corrected chi connectivity index (χ2v) is 2.82. The summed E-state index contributed by atoms with van der Waals surface area (Å²) in [5.74, 6) is -2.72. The van der Waals surface area contributed by atoms with E-state index in [4.69, 9.17) is 10.2 Å². The van der Waals surface area contributed by atoms with Crippen molar-refractivity contribution in [2.45, 2.75) is 12.5 Å². The van der Waals surface area contributed by atoms with Crippen molar-refractivity contribution in [2.24, 2.45) is 0 Å². The highest BCUT2D eigenvalue weighted by Crippen LogP contribution is 2.15. The molecule has 82 valence electrons. The van der Waals surface area contributed by atoms with Crippen molar-refractivity contribution < 1.29 is 34.1 Å². The van der Waals surface area contributed by atoms with E-state index in [0.29, 0.717) is 6.08 Å². The minimum Gasteiger partial charge on any atom is -0.478 e. The van der Waals surface area contributed by atoms with Crippen molar-refractivity contribution in [1.29, 1.82) is 0 Å². The molecule has 1 atom stereocenters. The van der Waals surface area contributed by atoms with E-state index in [1.54, 1.807) is 0 Å². The molecule has 1 saturated heterocycles. The molecule has 1 aliphatic rings. The minimum atomic E-state index is -1.36. The van der Waals surface area contributed by atoms with E-state index in [2.05, 4.69) is 9.47 Å². The standard InChI is InChI=1S/C8H8O7/c9-6(10)2-4(7(11)12)1-5-3-14-8(13)15-5/h2,5H,1,3H2,(H,9,10)(H,11,12). The lowest BCUT2D eigenvalue weighted by Gasteiger charge is -2.05. The fourth-order valence-corrected chi connectivity index (χ4v) is 1.07. The molecule has 7 heteroatoms. The Morgan fingerprint density at radius 3 is 2.53 bits per heavy atom. The summed E-state index contributed by atoms with van der Waals surface area (Å²) in [6.45, 7) is -0.0664. The molecule has 0 spiro atoms. The van der Waals surface area contributed by atoms with Crippen molar-refractivity contribution in [2.75, 3.05) is 6.61 Å². The molecule has 2 N–H and O–H groups in total. The smallest absolute Gasteiger partial charge is 0.478 e. The molecule has 1 fully saturated rings. The van der Waals surface area contributed by atoms with Crippen LogP contribution in [-0.2, 0) is 19.1 Å². The summed E-state index contributed by atoms with van der Waals surface area (Å²) in [4.78, 5) is 31.4. The van der Waals surface area contributed by atoms with Gasteiger partial charge in [0.2, 0.25) is 0 Å². The molecular formula is C8H8O7. The Labute approximate surface area is 83.9 Å². The highest BCUT2D eigenvalue weighted by molar-refractivity contribution is 5.94. The van der Waals surface area contributed by atoms with E-state index in [-0.39, 0.29) is 18.6 Å². The first-order chi connectivity index (χ1) is 6.99. The van der Waals surface area contributed by atoms with E-state index in [0.717, 1.165) is 0 Å². The van der Waals surface area contributed by atoms with Crippen LogP contribution in [0.3, 0.4) is 0 Å². The third kappa shape index (κ3) is 3.29. The first kappa shape index (κ1) is 11.0. The SMILES string of the molecule is O=C(O)C=C(CC1COC(=O)O1)C(=O)O. The Balaban J connectivity index is 2.63. The quantitative estimate of drug-likeness (QED) is 0.502. The van der Waals surface area contributed by atoms with Crippen molar-refractivity contribution in [3.05, 3.63) is 11.6 Å². The normalized spacial score (nSPS) is 20.7. The molecule has 0 aromatic carbocycles. The number of ether oxygens (including phenoxy) is 2. The van der Waals surface area contributed by atoms with Crippen LogP contribution in [0.25, 0.3) is 0 Å². The Morgan fingerprint density at radius 1 is 1.47 bits per heavy atom. The predicted molar refractivity (Wildman–Crippen MR) is 44.2 cm³/mol. The molecule has 1 aliphatic heterocycles. The molecule has 0 aromatic heterocycles. The fourth-order valence-electron chi connectivity index (χ4n) is 1.07. The van der Waals surface area contributed by atoms with Crippen LogP contribution in [0.15, 0.2) is 11.6 Å². The summed E-state index contributed by atoms with van der Waals surface area (Å²) < 4.78 is 8.99. The number of carboxylic acid groups (broad SMARTS) is 2. The molecule has 7 nitrogen and oxygen atoms in total. The largest absolute Gasteiger partial charge is 0.508 e. The monoisotopic (exact) mass is 216 g/mol. The van der Waals surface area contributed by atoms with Gasteiger partial charge in [-0.2, -0.15) is 0 Å². The third-order valence-electron chi connectivity index (χ3n) is 1.67. The van der Waals surface area contributed by atoms with Crippen LogP contribution in [-0.4, -0.2) is 41.0 Å². The second kappa shape index (κ2) is 4.45.